The van der Waals surface area contributed by atoms with Crippen molar-refractivity contribution in [1.82, 2.24) is 10.6 Å². The Morgan fingerprint density at radius 2 is 2.16 bits per heavy atom. The zero-order valence-corrected chi connectivity index (χ0v) is 11.4. The van der Waals surface area contributed by atoms with Crippen molar-refractivity contribution in [2.75, 3.05) is 13.1 Å². The first kappa shape index (κ1) is 15.9. The molecule has 0 aromatic heterocycles. The number of aliphatic hydroxyl groups is 1. The van der Waals surface area contributed by atoms with Crippen molar-refractivity contribution in [3.8, 4) is 0 Å². The number of carboxylic acids is 1. The molecule has 0 aromatic rings. The third kappa shape index (κ3) is 7.12. The van der Waals surface area contributed by atoms with E-state index in [1.807, 2.05) is 0 Å². The van der Waals surface area contributed by atoms with Gasteiger partial charge in [-0.1, -0.05) is 6.42 Å². The number of piperidine rings is 1. The molecule has 1 heterocycles. The number of carbonyl (C=O) groups is 2. The molecular weight excluding hydrogens is 248 g/mol. The minimum Gasteiger partial charge on any atom is -0.481 e. The fourth-order valence-corrected chi connectivity index (χ4v) is 2.24. The first-order valence-electron chi connectivity index (χ1n) is 6.83. The van der Waals surface area contributed by atoms with E-state index in [0.29, 0.717) is 12.5 Å². The standard InChI is InChI=1S/C13H24N2O4/c1-13(19,8-12(17)18)9-15-11(16)6-5-10-4-2-3-7-14-10/h10,14,19H,2-9H2,1H3,(H,15,16)(H,17,18). The molecule has 1 aliphatic rings. The number of aliphatic carboxylic acids is 1. The van der Waals surface area contributed by atoms with Crippen molar-refractivity contribution < 1.29 is 19.8 Å². The van der Waals surface area contributed by atoms with E-state index in [4.69, 9.17) is 5.11 Å². The van der Waals surface area contributed by atoms with Crippen LogP contribution in [-0.2, 0) is 9.59 Å². The van der Waals surface area contributed by atoms with Crippen molar-refractivity contribution >= 4 is 11.9 Å². The van der Waals surface area contributed by atoms with Crippen LogP contribution in [0, 0.1) is 0 Å². The van der Waals surface area contributed by atoms with Gasteiger partial charge in [0.25, 0.3) is 0 Å². The molecule has 0 saturated carbocycles. The van der Waals surface area contributed by atoms with E-state index in [9.17, 15) is 14.7 Å². The Hall–Kier alpha value is -1.14. The molecule has 6 heteroatoms. The van der Waals surface area contributed by atoms with Crippen LogP contribution >= 0.6 is 0 Å². The molecule has 19 heavy (non-hydrogen) atoms. The summed E-state index contributed by atoms with van der Waals surface area (Å²) >= 11 is 0. The van der Waals surface area contributed by atoms with Gasteiger partial charge in [-0.15, -0.1) is 0 Å². The Kier molecular flexibility index (Phi) is 6.24. The number of carboxylic acid groups (broad SMARTS) is 1. The summed E-state index contributed by atoms with van der Waals surface area (Å²) in [6, 6.07) is 0.402. The normalized spacial score (nSPS) is 22.5. The second-order valence-corrected chi connectivity index (χ2v) is 5.53. The summed E-state index contributed by atoms with van der Waals surface area (Å²) in [7, 11) is 0. The fraction of sp³-hybridized carbons (Fsp3) is 0.846. The van der Waals surface area contributed by atoms with E-state index in [1.54, 1.807) is 0 Å². The molecule has 1 amide bonds. The van der Waals surface area contributed by atoms with E-state index in [1.165, 1.54) is 19.8 Å². The van der Waals surface area contributed by atoms with Crippen LogP contribution in [0.15, 0.2) is 0 Å². The Balaban J connectivity index is 2.18. The molecule has 0 spiro atoms. The van der Waals surface area contributed by atoms with Gasteiger partial charge < -0.3 is 20.8 Å². The van der Waals surface area contributed by atoms with Crippen LogP contribution in [0.2, 0.25) is 0 Å². The molecule has 0 aliphatic carbocycles. The Bertz CT molecular complexity index is 312. The Labute approximate surface area is 113 Å². The molecule has 0 aromatic carbocycles. The maximum absolute atomic E-state index is 11.6. The predicted molar refractivity (Wildman–Crippen MR) is 70.8 cm³/mol. The smallest absolute Gasteiger partial charge is 0.306 e. The molecule has 6 nitrogen and oxygen atoms in total. The van der Waals surface area contributed by atoms with Gasteiger partial charge in [0.05, 0.1) is 12.0 Å². The van der Waals surface area contributed by atoms with Gasteiger partial charge >= 0.3 is 5.97 Å². The third-order valence-corrected chi connectivity index (χ3v) is 3.33. The lowest BCUT2D eigenvalue weighted by Crippen LogP contribution is -2.42. The molecule has 1 saturated heterocycles. The van der Waals surface area contributed by atoms with Crippen LogP contribution in [0.3, 0.4) is 0 Å². The average Bonchev–Trinajstić information content (AvgIpc) is 2.34. The van der Waals surface area contributed by atoms with Crippen molar-refractivity contribution in [3.63, 3.8) is 0 Å². The molecule has 0 bridgehead atoms. The van der Waals surface area contributed by atoms with Crippen molar-refractivity contribution in [3.05, 3.63) is 0 Å². The van der Waals surface area contributed by atoms with Gasteiger partial charge in [0, 0.05) is 19.0 Å². The number of nitrogens with one attached hydrogen (secondary N) is 2. The molecule has 1 rings (SSSR count). The van der Waals surface area contributed by atoms with Gasteiger partial charge in [-0.3, -0.25) is 9.59 Å². The second kappa shape index (κ2) is 7.45. The minimum absolute atomic E-state index is 0.0315. The summed E-state index contributed by atoms with van der Waals surface area (Å²) < 4.78 is 0. The van der Waals surface area contributed by atoms with Crippen LogP contribution < -0.4 is 10.6 Å². The number of hydrogen-bond acceptors (Lipinski definition) is 4. The third-order valence-electron chi connectivity index (χ3n) is 3.33. The number of carbonyl (C=O) groups excluding carboxylic acids is 1. The van der Waals surface area contributed by atoms with E-state index in [0.717, 1.165) is 19.4 Å². The summed E-state index contributed by atoms with van der Waals surface area (Å²) in [5.41, 5.74) is -1.40. The Morgan fingerprint density at radius 1 is 1.42 bits per heavy atom. The Morgan fingerprint density at radius 3 is 2.74 bits per heavy atom. The van der Waals surface area contributed by atoms with Crippen LogP contribution in [-0.4, -0.2) is 46.8 Å². The maximum Gasteiger partial charge on any atom is 0.306 e. The highest BCUT2D eigenvalue weighted by molar-refractivity contribution is 5.76. The van der Waals surface area contributed by atoms with Crippen LogP contribution in [0.25, 0.3) is 0 Å². The summed E-state index contributed by atoms with van der Waals surface area (Å²) in [6.07, 6.45) is 4.31. The van der Waals surface area contributed by atoms with Crippen molar-refractivity contribution in [2.45, 2.75) is 57.1 Å². The van der Waals surface area contributed by atoms with Crippen LogP contribution in [0.4, 0.5) is 0 Å². The number of hydrogen-bond donors (Lipinski definition) is 4. The van der Waals surface area contributed by atoms with Gasteiger partial charge in [0.2, 0.25) is 5.91 Å². The quantitative estimate of drug-likeness (QED) is 0.532. The molecule has 1 aliphatic heterocycles. The maximum atomic E-state index is 11.6. The van der Waals surface area contributed by atoms with Crippen molar-refractivity contribution in [1.29, 1.82) is 0 Å². The van der Waals surface area contributed by atoms with Gasteiger partial charge in [-0.25, -0.2) is 0 Å². The first-order chi connectivity index (χ1) is 8.89. The molecule has 2 unspecified atom stereocenters. The molecule has 110 valence electrons. The summed E-state index contributed by atoms with van der Waals surface area (Å²) in [6.45, 7) is 2.39. The highest BCUT2D eigenvalue weighted by atomic mass is 16.4. The predicted octanol–water partition coefficient (Wildman–Crippen LogP) is 0.251. The zero-order valence-electron chi connectivity index (χ0n) is 11.4. The summed E-state index contributed by atoms with van der Waals surface area (Å²) in [5.74, 6) is -1.22. The molecule has 4 N–H and O–H groups in total. The minimum atomic E-state index is -1.40. The lowest BCUT2D eigenvalue weighted by Gasteiger charge is -2.24. The highest BCUT2D eigenvalue weighted by Crippen LogP contribution is 2.12. The fourth-order valence-electron chi connectivity index (χ4n) is 2.24. The largest absolute Gasteiger partial charge is 0.481 e. The van der Waals surface area contributed by atoms with E-state index in [2.05, 4.69) is 10.6 Å². The molecule has 0 radical (unpaired) electrons. The lowest BCUT2D eigenvalue weighted by atomic mass is 10.00. The van der Waals surface area contributed by atoms with E-state index < -0.39 is 11.6 Å². The van der Waals surface area contributed by atoms with Gasteiger partial charge in [-0.05, 0) is 32.7 Å². The number of amides is 1. The molecule has 1 fully saturated rings. The molecular formula is C13H24N2O4. The zero-order chi connectivity index (χ0) is 14.3. The van der Waals surface area contributed by atoms with E-state index in [-0.39, 0.29) is 18.9 Å². The highest BCUT2D eigenvalue weighted by Gasteiger charge is 2.24. The lowest BCUT2D eigenvalue weighted by molar-refractivity contribution is -0.142. The average molecular weight is 272 g/mol. The van der Waals surface area contributed by atoms with Crippen molar-refractivity contribution in [2.24, 2.45) is 0 Å². The summed E-state index contributed by atoms with van der Waals surface area (Å²) in [4.78, 5) is 22.1. The number of rotatable bonds is 7. The van der Waals surface area contributed by atoms with Gasteiger partial charge in [-0.2, -0.15) is 0 Å². The van der Waals surface area contributed by atoms with Gasteiger partial charge in [0.1, 0.15) is 0 Å². The van der Waals surface area contributed by atoms with Crippen LogP contribution in [0.5, 0.6) is 0 Å². The summed E-state index contributed by atoms with van der Waals surface area (Å²) in [5, 5.41) is 24.3. The second-order valence-electron chi connectivity index (χ2n) is 5.53. The molecule has 2 atom stereocenters. The monoisotopic (exact) mass is 272 g/mol. The SMILES string of the molecule is CC(O)(CNC(=O)CCC1CCCCN1)CC(=O)O. The van der Waals surface area contributed by atoms with Crippen LogP contribution in [0.1, 0.15) is 45.4 Å². The van der Waals surface area contributed by atoms with Gasteiger partial charge in [0.15, 0.2) is 0 Å². The van der Waals surface area contributed by atoms with E-state index >= 15 is 0 Å². The topological polar surface area (TPSA) is 98.7 Å². The first-order valence-corrected chi connectivity index (χ1v) is 6.83.